The summed E-state index contributed by atoms with van der Waals surface area (Å²) in [6.45, 7) is 8.96. The Balaban J connectivity index is 1.91. The van der Waals surface area contributed by atoms with Crippen LogP contribution in [0.3, 0.4) is 0 Å². The molecule has 0 saturated heterocycles. The monoisotopic (exact) mass is 374 g/mol. The minimum Gasteiger partial charge on any atom is -0.455 e. The van der Waals surface area contributed by atoms with Gasteiger partial charge in [0.2, 0.25) is 5.69 Å². The Labute approximate surface area is 164 Å². The average molecular weight is 375 g/mol. The molecule has 2 aromatic carbocycles. The zero-order valence-corrected chi connectivity index (χ0v) is 17.3. The predicted molar refractivity (Wildman–Crippen MR) is 114 cm³/mol. The molecule has 0 unspecified atom stereocenters. The molecule has 0 atom stereocenters. The summed E-state index contributed by atoms with van der Waals surface area (Å²) in [7, 11) is 2.14. The molecule has 3 heterocycles. The summed E-state index contributed by atoms with van der Waals surface area (Å²) in [5.74, 6) is 2.65. The maximum Gasteiger partial charge on any atom is 0.228 e. The third kappa shape index (κ3) is 2.34. The molecular formula is C24H24NOS+. The fourth-order valence-electron chi connectivity index (χ4n) is 4.51. The predicted octanol–water partition coefficient (Wildman–Crippen LogP) is 6.47. The maximum absolute atomic E-state index is 6.61. The SMILES string of the molecule is Cc1c2c(c(C)c3sccc13)Oc1cc(CC(C)C)cc3cc[n+](C)c-2c13. The third-order valence-electron chi connectivity index (χ3n) is 5.70. The number of ether oxygens (including phenoxy) is 1. The molecule has 136 valence electrons. The average Bonchev–Trinajstić information content (AvgIpc) is 3.11. The molecule has 0 amide bonds. The zero-order valence-electron chi connectivity index (χ0n) is 16.5. The van der Waals surface area contributed by atoms with Gasteiger partial charge in [-0.05, 0) is 65.6 Å². The summed E-state index contributed by atoms with van der Waals surface area (Å²) >= 11 is 1.80. The quantitative estimate of drug-likeness (QED) is 0.323. The van der Waals surface area contributed by atoms with Crippen LogP contribution >= 0.6 is 11.3 Å². The minimum absolute atomic E-state index is 0.625. The first-order valence-corrected chi connectivity index (χ1v) is 10.5. The number of hydrogen-bond donors (Lipinski definition) is 0. The van der Waals surface area contributed by atoms with Crippen molar-refractivity contribution >= 4 is 32.2 Å². The molecule has 0 aliphatic carbocycles. The summed E-state index contributed by atoms with van der Waals surface area (Å²) in [6.07, 6.45) is 3.25. The van der Waals surface area contributed by atoms with Crippen molar-refractivity contribution in [1.82, 2.24) is 0 Å². The van der Waals surface area contributed by atoms with Gasteiger partial charge in [-0.15, -0.1) is 11.3 Å². The van der Waals surface area contributed by atoms with Crippen LogP contribution in [-0.4, -0.2) is 0 Å². The van der Waals surface area contributed by atoms with Gasteiger partial charge in [0.1, 0.15) is 18.5 Å². The Hall–Kier alpha value is -2.39. The summed E-state index contributed by atoms with van der Waals surface area (Å²) in [6, 6.07) is 9.04. The van der Waals surface area contributed by atoms with Crippen molar-refractivity contribution in [2.45, 2.75) is 34.1 Å². The van der Waals surface area contributed by atoms with Gasteiger partial charge in [-0.2, -0.15) is 0 Å². The second kappa shape index (κ2) is 5.80. The van der Waals surface area contributed by atoms with Gasteiger partial charge in [0.05, 0.1) is 10.9 Å². The van der Waals surface area contributed by atoms with Gasteiger partial charge < -0.3 is 4.74 Å². The van der Waals surface area contributed by atoms with Crippen molar-refractivity contribution in [2.75, 3.05) is 0 Å². The number of pyridine rings is 1. The molecule has 2 aromatic heterocycles. The smallest absolute Gasteiger partial charge is 0.228 e. The van der Waals surface area contributed by atoms with Crippen molar-refractivity contribution in [3.8, 4) is 22.8 Å². The standard InChI is InChI=1S/C24H24NOS/c1-13(2)10-16-11-17-6-8-25(5)22-20-14(3)18-7-9-27-24(18)15(4)23(20)26-19(12-16)21(17)22/h6-9,11-13H,10H2,1-5H3/q+1. The Morgan fingerprint density at radius 2 is 1.93 bits per heavy atom. The normalized spacial score (nSPS) is 12.7. The first-order valence-electron chi connectivity index (χ1n) is 9.59. The second-order valence-corrected chi connectivity index (χ2v) is 9.07. The van der Waals surface area contributed by atoms with Gasteiger partial charge in [-0.3, -0.25) is 0 Å². The van der Waals surface area contributed by atoms with Crippen LogP contribution in [0.2, 0.25) is 0 Å². The van der Waals surface area contributed by atoms with E-state index in [2.05, 4.69) is 75.2 Å². The van der Waals surface area contributed by atoms with Crippen molar-refractivity contribution in [2.24, 2.45) is 13.0 Å². The highest BCUT2D eigenvalue weighted by Crippen LogP contribution is 2.51. The molecule has 0 N–H and O–H groups in total. The molecule has 0 saturated carbocycles. The number of nitrogens with zero attached hydrogens (tertiary/aromatic N) is 1. The van der Waals surface area contributed by atoms with Gasteiger partial charge in [-0.1, -0.05) is 19.9 Å². The van der Waals surface area contributed by atoms with Crippen LogP contribution < -0.4 is 9.30 Å². The van der Waals surface area contributed by atoms with Gasteiger partial charge in [0.15, 0.2) is 6.20 Å². The van der Waals surface area contributed by atoms with Crippen LogP contribution in [0.15, 0.2) is 35.8 Å². The van der Waals surface area contributed by atoms with Crippen LogP contribution in [0.25, 0.3) is 32.1 Å². The third-order valence-corrected chi connectivity index (χ3v) is 6.74. The van der Waals surface area contributed by atoms with Gasteiger partial charge in [-0.25, -0.2) is 4.57 Å². The highest BCUT2D eigenvalue weighted by Gasteiger charge is 2.32. The molecule has 5 rings (SSSR count). The summed E-state index contributed by atoms with van der Waals surface area (Å²) in [4.78, 5) is 0. The van der Waals surface area contributed by atoms with E-state index in [9.17, 15) is 0 Å². The maximum atomic E-state index is 6.61. The summed E-state index contributed by atoms with van der Waals surface area (Å²) < 4.78 is 10.2. The molecule has 1 aliphatic rings. The molecule has 1 aliphatic heterocycles. The van der Waals surface area contributed by atoms with E-state index in [0.717, 1.165) is 17.9 Å². The largest absolute Gasteiger partial charge is 0.455 e. The molecule has 0 bridgehead atoms. The van der Waals surface area contributed by atoms with Crippen LogP contribution in [0.5, 0.6) is 11.5 Å². The van der Waals surface area contributed by atoms with Gasteiger partial charge in [0, 0.05) is 16.3 Å². The van der Waals surface area contributed by atoms with E-state index >= 15 is 0 Å². The summed E-state index contributed by atoms with van der Waals surface area (Å²) in [5, 5.41) is 6.03. The number of rotatable bonds is 2. The van der Waals surface area contributed by atoms with Crippen LogP contribution in [0.4, 0.5) is 0 Å². The van der Waals surface area contributed by atoms with E-state index in [0.29, 0.717) is 5.92 Å². The van der Waals surface area contributed by atoms with E-state index < -0.39 is 0 Å². The van der Waals surface area contributed by atoms with Crippen molar-refractivity contribution in [3.05, 3.63) is 52.5 Å². The zero-order chi connectivity index (χ0) is 18.9. The van der Waals surface area contributed by atoms with Crippen molar-refractivity contribution in [3.63, 3.8) is 0 Å². The first-order chi connectivity index (χ1) is 13.0. The van der Waals surface area contributed by atoms with E-state index in [-0.39, 0.29) is 0 Å². The molecule has 4 aromatic rings. The molecule has 2 nitrogen and oxygen atoms in total. The molecule has 0 radical (unpaired) electrons. The van der Waals surface area contributed by atoms with Crippen LogP contribution in [0.1, 0.15) is 30.5 Å². The lowest BCUT2D eigenvalue weighted by Crippen LogP contribution is -2.32. The lowest BCUT2D eigenvalue weighted by atomic mass is 9.90. The van der Waals surface area contributed by atoms with E-state index in [1.165, 1.54) is 48.8 Å². The number of aromatic nitrogens is 1. The molecular weight excluding hydrogens is 350 g/mol. The fraction of sp³-hybridized carbons (Fsp3) is 0.292. The van der Waals surface area contributed by atoms with Gasteiger partial charge in [0.25, 0.3) is 0 Å². The highest BCUT2D eigenvalue weighted by molar-refractivity contribution is 7.17. The van der Waals surface area contributed by atoms with Gasteiger partial charge >= 0.3 is 0 Å². The van der Waals surface area contributed by atoms with Crippen LogP contribution in [0, 0.1) is 19.8 Å². The number of hydrogen-bond acceptors (Lipinski definition) is 2. The van der Waals surface area contributed by atoms with E-state index in [1.54, 1.807) is 11.3 Å². The topological polar surface area (TPSA) is 13.1 Å². The number of thiophene rings is 1. The number of fused-ring (bicyclic) bond motifs is 3. The number of aryl methyl sites for hydroxylation is 3. The molecule has 0 spiro atoms. The molecule has 0 fully saturated rings. The Bertz CT molecular complexity index is 1230. The second-order valence-electron chi connectivity index (χ2n) is 8.15. The molecule has 3 heteroatoms. The van der Waals surface area contributed by atoms with E-state index in [1.807, 2.05) is 0 Å². The Morgan fingerprint density at radius 1 is 1.11 bits per heavy atom. The van der Waals surface area contributed by atoms with Crippen molar-refractivity contribution < 1.29 is 9.30 Å². The fourth-order valence-corrected chi connectivity index (χ4v) is 5.47. The van der Waals surface area contributed by atoms with E-state index in [4.69, 9.17) is 4.74 Å². The Kier molecular flexibility index (Phi) is 3.60. The lowest BCUT2D eigenvalue weighted by molar-refractivity contribution is -0.659. The minimum atomic E-state index is 0.625. The Morgan fingerprint density at radius 3 is 2.70 bits per heavy atom. The van der Waals surface area contributed by atoms with Crippen LogP contribution in [-0.2, 0) is 13.5 Å². The molecule has 27 heavy (non-hydrogen) atoms. The van der Waals surface area contributed by atoms with Crippen molar-refractivity contribution in [1.29, 1.82) is 0 Å². The highest BCUT2D eigenvalue weighted by atomic mass is 32.1. The summed E-state index contributed by atoms with van der Waals surface area (Å²) in [5.41, 5.74) is 6.43. The number of benzene rings is 2. The first kappa shape index (κ1) is 16.8. The lowest BCUT2D eigenvalue weighted by Gasteiger charge is -2.24.